The Morgan fingerprint density at radius 2 is 1.84 bits per heavy atom. The molecule has 0 saturated carbocycles. The lowest BCUT2D eigenvalue weighted by Crippen LogP contribution is -2.00. The molecule has 1 unspecified atom stereocenters. The van der Waals surface area contributed by atoms with Crippen LogP contribution >= 0.6 is 23.2 Å². The lowest BCUT2D eigenvalue weighted by atomic mass is 9.99. The Morgan fingerprint density at radius 3 is 2.47 bits per heavy atom. The molecule has 4 heteroatoms. The van der Waals surface area contributed by atoms with Crippen LogP contribution in [0.1, 0.15) is 22.1 Å². The summed E-state index contributed by atoms with van der Waals surface area (Å²) in [7, 11) is 1.54. The van der Waals surface area contributed by atoms with Crippen LogP contribution in [0.5, 0.6) is 5.75 Å². The molecule has 1 atom stereocenters. The van der Waals surface area contributed by atoms with E-state index < -0.39 is 5.38 Å². The van der Waals surface area contributed by atoms with Crippen molar-refractivity contribution in [2.45, 2.75) is 12.3 Å². The Kier molecular flexibility index (Phi) is 4.33. The van der Waals surface area contributed by atoms with Crippen molar-refractivity contribution < 1.29 is 9.13 Å². The zero-order chi connectivity index (χ0) is 14.0. The summed E-state index contributed by atoms with van der Waals surface area (Å²) in [5.41, 5.74) is 2.45. The molecule has 0 aliphatic rings. The van der Waals surface area contributed by atoms with E-state index in [2.05, 4.69) is 0 Å². The summed E-state index contributed by atoms with van der Waals surface area (Å²) in [5, 5.41) is 0.166. The summed E-state index contributed by atoms with van der Waals surface area (Å²) in [6.45, 7) is 1.92. The first kappa shape index (κ1) is 14.2. The molecule has 2 aromatic rings. The van der Waals surface area contributed by atoms with E-state index >= 15 is 0 Å². The highest BCUT2D eigenvalue weighted by Crippen LogP contribution is 2.37. The van der Waals surface area contributed by atoms with Gasteiger partial charge in [-0.05, 0) is 48.4 Å². The fraction of sp³-hybridized carbons (Fsp3) is 0.200. The largest absolute Gasteiger partial charge is 0.496 e. The number of rotatable bonds is 3. The number of methoxy groups -OCH3 is 1. The molecule has 0 spiro atoms. The van der Waals surface area contributed by atoms with Crippen molar-refractivity contribution in [3.63, 3.8) is 0 Å². The van der Waals surface area contributed by atoms with E-state index in [0.29, 0.717) is 16.3 Å². The second-order valence-corrected chi connectivity index (χ2v) is 5.12. The standard InChI is InChI=1S/C15H13Cl2FO/c1-9-7-10(16)3-5-12(9)15(17)13-8-11(18)4-6-14(13)19-2/h3-8,15H,1-2H3. The molecule has 2 aromatic carbocycles. The predicted molar refractivity (Wildman–Crippen MR) is 76.8 cm³/mol. The van der Waals surface area contributed by atoms with E-state index in [1.807, 2.05) is 19.1 Å². The van der Waals surface area contributed by atoms with Gasteiger partial charge in [0.25, 0.3) is 0 Å². The van der Waals surface area contributed by atoms with Gasteiger partial charge in [0.2, 0.25) is 0 Å². The number of aryl methyl sites for hydroxylation is 1. The summed E-state index contributed by atoms with van der Waals surface area (Å²) < 4.78 is 18.6. The molecule has 0 aliphatic heterocycles. The Labute approximate surface area is 121 Å². The molecule has 0 N–H and O–H groups in total. The van der Waals surface area contributed by atoms with Gasteiger partial charge in [-0.15, -0.1) is 11.6 Å². The van der Waals surface area contributed by atoms with Crippen LogP contribution < -0.4 is 4.74 Å². The van der Waals surface area contributed by atoms with E-state index in [1.54, 1.807) is 12.1 Å². The van der Waals surface area contributed by atoms with E-state index in [9.17, 15) is 4.39 Å². The molecule has 19 heavy (non-hydrogen) atoms. The molecule has 0 amide bonds. The maximum Gasteiger partial charge on any atom is 0.124 e. The average molecular weight is 299 g/mol. The topological polar surface area (TPSA) is 9.23 Å². The molecular weight excluding hydrogens is 286 g/mol. The molecule has 0 aromatic heterocycles. The normalized spacial score (nSPS) is 12.3. The highest BCUT2D eigenvalue weighted by atomic mass is 35.5. The molecule has 0 bridgehead atoms. The fourth-order valence-corrected chi connectivity index (χ4v) is 2.64. The fourth-order valence-electron chi connectivity index (χ4n) is 1.99. The minimum Gasteiger partial charge on any atom is -0.496 e. The number of benzene rings is 2. The minimum absolute atomic E-state index is 0.340. The van der Waals surface area contributed by atoms with E-state index in [4.69, 9.17) is 27.9 Å². The summed E-state index contributed by atoms with van der Waals surface area (Å²) in [5.74, 6) is 0.226. The van der Waals surface area contributed by atoms with Gasteiger partial charge in [0.05, 0.1) is 12.5 Å². The third-order valence-electron chi connectivity index (χ3n) is 2.97. The minimum atomic E-state index is -0.483. The third kappa shape index (κ3) is 3.02. The number of hydrogen-bond donors (Lipinski definition) is 0. The van der Waals surface area contributed by atoms with Crippen LogP contribution in [0.2, 0.25) is 5.02 Å². The maximum absolute atomic E-state index is 13.4. The third-order valence-corrected chi connectivity index (χ3v) is 3.67. The molecule has 0 fully saturated rings. The summed E-state index contributed by atoms with van der Waals surface area (Å²) in [6.07, 6.45) is 0. The van der Waals surface area contributed by atoms with Gasteiger partial charge in [-0.1, -0.05) is 17.7 Å². The summed E-state index contributed by atoms with van der Waals surface area (Å²) >= 11 is 12.4. The first-order valence-electron chi connectivity index (χ1n) is 5.76. The van der Waals surface area contributed by atoms with Crippen molar-refractivity contribution in [1.82, 2.24) is 0 Å². The monoisotopic (exact) mass is 298 g/mol. The molecule has 0 radical (unpaired) electrons. The first-order chi connectivity index (χ1) is 9.02. The molecule has 0 heterocycles. The second kappa shape index (κ2) is 5.81. The molecule has 2 rings (SSSR count). The average Bonchev–Trinajstić information content (AvgIpc) is 2.38. The van der Waals surface area contributed by atoms with Crippen LogP contribution in [0.4, 0.5) is 4.39 Å². The molecule has 100 valence electrons. The van der Waals surface area contributed by atoms with Crippen molar-refractivity contribution in [2.24, 2.45) is 0 Å². The van der Waals surface area contributed by atoms with E-state index in [1.165, 1.54) is 19.2 Å². The zero-order valence-corrected chi connectivity index (χ0v) is 12.1. The van der Waals surface area contributed by atoms with E-state index in [0.717, 1.165) is 11.1 Å². The van der Waals surface area contributed by atoms with E-state index in [-0.39, 0.29) is 5.82 Å². The lowest BCUT2D eigenvalue weighted by molar-refractivity contribution is 0.409. The van der Waals surface area contributed by atoms with Crippen molar-refractivity contribution in [2.75, 3.05) is 7.11 Å². The Hall–Kier alpha value is -1.25. The van der Waals surface area contributed by atoms with Gasteiger partial charge in [-0.3, -0.25) is 0 Å². The number of hydrogen-bond acceptors (Lipinski definition) is 1. The van der Waals surface area contributed by atoms with Gasteiger partial charge in [0, 0.05) is 10.6 Å². The van der Waals surface area contributed by atoms with Crippen LogP contribution in [0.15, 0.2) is 36.4 Å². The highest BCUT2D eigenvalue weighted by Gasteiger charge is 2.18. The van der Waals surface area contributed by atoms with Crippen molar-refractivity contribution in [1.29, 1.82) is 0 Å². The quantitative estimate of drug-likeness (QED) is 0.714. The SMILES string of the molecule is COc1ccc(F)cc1C(Cl)c1ccc(Cl)cc1C. The highest BCUT2D eigenvalue weighted by molar-refractivity contribution is 6.30. The van der Waals surface area contributed by atoms with Crippen molar-refractivity contribution in [3.05, 3.63) is 63.9 Å². The van der Waals surface area contributed by atoms with Gasteiger partial charge in [-0.25, -0.2) is 4.39 Å². The van der Waals surface area contributed by atoms with Gasteiger partial charge in [0.15, 0.2) is 0 Å². The van der Waals surface area contributed by atoms with Crippen LogP contribution in [-0.4, -0.2) is 7.11 Å². The molecule has 0 saturated heterocycles. The number of ether oxygens (including phenoxy) is 1. The van der Waals surface area contributed by atoms with Crippen LogP contribution in [-0.2, 0) is 0 Å². The molecule has 0 aliphatic carbocycles. The van der Waals surface area contributed by atoms with Gasteiger partial charge < -0.3 is 4.74 Å². The van der Waals surface area contributed by atoms with Gasteiger partial charge >= 0.3 is 0 Å². The Balaban J connectivity index is 2.49. The van der Waals surface area contributed by atoms with Crippen LogP contribution in [0, 0.1) is 12.7 Å². The van der Waals surface area contributed by atoms with Crippen molar-refractivity contribution >= 4 is 23.2 Å². The molecule has 1 nitrogen and oxygen atoms in total. The summed E-state index contributed by atoms with van der Waals surface area (Å²) in [6, 6.07) is 9.76. The molecular formula is C15H13Cl2FO. The first-order valence-corrected chi connectivity index (χ1v) is 6.58. The van der Waals surface area contributed by atoms with Gasteiger partial charge in [-0.2, -0.15) is 0 Å². The lowest BCUT2D eigenvalue weighted by Gasteiger charge is -2.16. The summed E-state index contributed by atoms with van der Waals surface area (Å²) in [4.78, 5) is 0. The number of alkyl halides is 1. The second-order valence-electron chi connectivity index (χ2n) is 4.25. The van der Waals surface area contributed by atoms with Crippen molar-refractivity contribution in [3.8, 4) is 5.75 Å². The van der Waals surface area contributed by atoms with Gasteiger partial charge in [0.1, 0.15) is 11.6 Å². The smallest absolute Gasteiger partial charge is 0.124 e. The number of halogens is 3. The van der Waals surface area contributed by atoms with Crippen LogP contribution in [0.3, 0.4) is 0 Å². The Morgan fingerprint density at radius 1 is 1.11 bits per heavy atom. The Bertz CT molecular complexity index is 599. The predicted octanol–water partition coefficient (Wildman–Crippen LogP) is 5.12. The zero-order valence-electron chi connectivity index (χ0n) is 10.6. The maximum atomic E-state index is 13.4. The van der Waals surface area contributed by atoms with Crippen LogP contribution in [0.25, 0.3) is 0 Å².